The van der Waals surface area contributed by atoms with Crippen LogP contribution in [0.5, 0.6) is 0 Å². The van der Waals surface area contributed by atoms with Gasteiger partial charge in [0.15, 0.2) is 4.96 Å². The van der Waals surface area contributed by atoms with Crippen molar-refractivity contribution >= 4 is 81.0 Å². The molecule has 6 heteroatoms. The monoisotopic (exact) mass is 658 g/mol. The predicted molar refractivity (Wildman–Crippen MR) is 208 cm³/mol. The molecule has 0 bridgehead atoms. The Kier molecular flexibility index (Phi) is 5.63. The van der Waals surface area contributed by atoms with Gasteiger partial charge in [0.05, 0.1) is 43.2 Å². The number of para-hydroxylation sites is 4. The summed E-state index contributed by atoms with van der Waals surface area (Å²) in [6.45, 7) is 0. The first-order chi connectivity index (χ1) is 24.7. The lowest BCUT2D eigenvalue weighted by atomic mass is 10.0. The van der Waals surface area contributed by atoms with E-state index in [1.807, 2.05) is 24.3 Å². The molecule has 0 N–H and O–H groups in total. The Labute approximate surface area is 289 Å². The van der Waals surface area contributed by atoms with Crippen LogP contribution in [0.4, 0.5) is 0 Å². The fraction of sp³-hybridized carbons (Fsp3) is 0. The molecule has 4 heterocycles. The molecule has 0 radical (unpaired) electrons. The summed E-state index contributed by atoms with van der Waals surface area (Å²) < 4.78 is 7.46. The maximum Gasteiger partial charge on any atom is 0.266 e. The lowest BCUT2D eigenvalue weighted by Crippen LogP contribution is -2.13. The van der Waals surface area contributed by atoms with Gasteiger partial charge in [-0.25, -0.2) is 4.98 Å². The smallest absolute Gasteiger partial charge is 0.266 e. The molecule has 0 amide bonds. The lowest BCUT2D eigenvalue weighted by Gasteiger charge is -2.10. The second kappa shape index (κ2) is 10.3. The van der Waals surface area contributed by atoms with Gasteiger partial charge in [-0.3, -0.25) is 9.20 Å². The van der Waals surface area contributed by atoms with E-state index in [9.17, 15) is 4.79 Å². The number of aromatic nitrogens is 4. The van der Waals surface area contributed by atoms with E-state index in [0.717, 1.165) is 38.1 Å². The van der Waals surface area contributed by atoms with Crippen molar-refractivity contribution in [1.82, 2.24) is 18.5 Å². The third-order valence-corrected chi connectivity index (χ3v) is 11.1. The fourth-order valence-corrected chi connectivity index (χ4v) is 8.84. The maximum atomic E-state index is 13.7. The van der Waals surface area contributed by atoms with Gasteiger partial charge in [0.25, 0.3) is 5.56 Å². The number of thiazole rings is 1. The maximum absolute atomic E-state index is 13.7. The van der Waals surface area contributed by atoms with Gasteiger partial charge in [0.1, 0.15) is 0 Å². The molecular formula is C44H26N4OS. The van der Waals surface area contributed by atoms with Crippen molar-refractivity contribution in [2.45, 2.75) is 0 Å². The van der Waals surface area contributed by atoms with Crippen LogP contribution in [-0.2, 0) is 0 Å². The lowest BCUT2D eigenvalue weighted by molar-refractivity contribution is 1.14. The van der Waals surface area contributed by atoms with Crippen molar-refractivity contribution in [3.8, 4) is 22.5 Å². The third-order valence-electron chi connectivity index (χ3n) is 10.1. The average Bonchev–Trinajstić information content (AvgIpc) is 3.82. The number of hydrogen-bond acceptors (Lipinski definition) is 3. The van der Waals surface area contributed by atoms with Gasteiger partial charge in [-0.15, -0.1) is 0 Å². The highest BCUT2D eigenvalue weighted by molar-refractivity contribution is 7.23. The zero-order valence-electron chi connectivity index (χ0n) is 26.6. The molecule has 234 valence electrons. The van der Waals surface area contributed by atoms with Crippen LogP contribution in [0.25, 0.3) is 92.2 Å². The van der Waals surface area contributed by atoms with Crippen molar-refractivity contribution < 1.29 is 0 Å². The van der Waals surface area contributed by atoms with Crippen molar-refractivity contribution in [3.05, 3.63) is 168 Å². The van der Waals surface area contributed by atoms with E-state index >= 15 is 0 Å². The molecular weight excluding hydrogens is 633 g/mol. The fourth-order valence-electron chi connectivity index (χ4n) is 7.84. The van der Waals surface area contributed by atoms with Gasteiger partial charge < -0.3 is 9.13 Å². The number of rotatable bonds is 3. The Morgan fingerprint density at radius 3 is 1.68 bits per heavy atom. The molecule has 4 aromatic heterocycles. The van der Waals surface area contributed by atoms with E-state index in [1.54, 1.807) is 15.7 Å². The minimum atomic E-state index is -0.0373. The van der Waals surface area contributed by atoms with E-state index < -0.39 is 0 Å². The van der Waals surface area contributed by atoms with E-state index in [4.69, 9.17) is 4.98 Å². The van der Waals surface area contributed by atoms with Crippen molar-refractivity contribution in [3.63, 3.8) is 0 Å². The Hall–Kier alpha value is -6.50. The zero-order valence-corrected chi connectivity index (χ0v) is 27.4. The molecule has 0 unspecified atom stereocenters. The third kappa shape index (κ3) is 3.82. The number of benzene rings is 7. The van der Waals surface area contributed by atoms with Crippen LogP contribution in [0.1, 0.15) is 0 Å². The average molecular weight is 659 g/mol. The summed E-state index contributed by atoms with van der Waals surface area (Å²) in [6, 6.07) is 55.4. The van der Waals surface area contributed by atoms with Crippen LogP contribution in [0.3, 0.4) is 0 Å². The van der Waals surface area contributed by atoms with Gasteiger partial charge in [-0.2, -0.15) is 0 Å². The molecule has 0 aliphatic heterocycles. The number of hydrogen-bond donors (Lipinski definition) is 0. The summed E-state index contributed by atoms with van der Waals surface area (Å²) in [5, 5.41) is 5.47. The molecule has 0 spiro atoms. The second-order valence-corrected chi connectivity index (χ2v) is 13.8. The van der Waals surface area contributed by atoms with E-state index in [1.165, 1.54) is 43.7 Å². The molecule has 0 fully saturated rings. The minimum Gasteiger partial charge on any atom is -0.309 e. The van der Waals surface area contributed by atoms with Gasteiger partial charge in [-0.1, -0.05) is 90.2 Å². The summed E-state index contributed by atoms with van der Waals surface area (Å²) in [4.78, 5) is 19.2. The molecule has 0 aliphatic rings. The van der Waals surface area contributed by atoms with E-state index in [2.05, 4.69) is 143 Å². The highest BCUT2D eigenvalue weighted by Gasteiger charge is 2.18. The van der Waals surface area contributed by atoms with Gasteiger partial charge >= 0.3 is 0 Å². The SMILES string of the molecule is O=c1c2ccccc2nc2sc3ccc(-n4c5ccccc5c5cc(-c6ccc7c(c6)c6ccccc6n7-c6ccccc6)ccc54)cc3n12. The summed E-state index contributed by atoms with van der Waals surface area (Å²) >= 11 is 1.55. The van der Waals surface area contributed by atoms with Crippen LogP contribution < -0.4 is 5.56 Å². The molecule has 50 heavy (non-hydrogen) atoms. The van der Waals surface area contributed by atoms with E-state index in [0.29, 0.717) is 10.3 Å². The zero-order chi connectivity index (χ0) is 32.9. The molecule has 0 atom stereocenters. The van der Waals surface area contributed by atoms with Crippen LogP contribution in [0.2, 0.25) is 0 Å². The molecule has 0 saturated carbocycles. The highest BCUT2D eigenvalue weighted by atomic mass is 32.1. The van der Waals surface area contributed by atoms with Crippen molar-refractivity contribution in [2.24, 2.45) is 0 Å². The van der Waals surface area contributed by atoms with Crippen LogP contribution >= 0.6 is 11.3 Å². The Balaban J connectivity index is 1.11. The molecule has 7 aromatic carbocycles. The molecule has 0 aliphatic carbocycles. The van der Waals surface area contributed by atoms with Crippen molar-refractivity contribution in [1.29, 1.82) is 0 Å². The van der Waals surface area contributed by atoms with Crippen LogP contribution in [0, 0.1) is 0 Å². The quantitative estimate of drug-likeness (QED) is 0.190. The van der Waals surface area contributed by atoms with Gasteiger partial charge in [0.2, 0.25) is 0 Å². The topological polar surface area (TPSA) is 44.2 Å². The molecule has 11 aromatic rings. The Morgan fingerprint density at radius 2 is 1.00 bits per heavy atom. The number of fused-ring (bicyclic) bond motifs is 10. The number of nitrogens with zero attached hydrogens (tertiary/aromatic N) is 4. The highest BCUT2D eigenvalue weighted by Crippen LogP contribution is 2.39. The summed E-state index contributed by atoms with van der Waals surface area (Å²) in [5.74, 6) is 0. The first kappa shape index (κ1) is 27.5. The minimum absolute atomic E-state index is 0.0373. The van der Waals surface area contributed by atoms with Crippen LogP contribution in [-0.4, -0.2) is 18.5 Å². The summed E-state index contributed by atoms with van der Waals surface area (Å²) in [6.07, 6.45) is 0. The van der Waals surface area contributed by atoms with Crippen molar-refractivity contribution in [2.75, 3.05) is 0 Å². The largest absolute Gasteiger partial charge is 0.309 e. The molecule has 0 saturated heterocycles. The first-order valence-corrected chi connectivity index (χ1v) is 17.5. The van der Waals surface area contributed by atoms with Gasteiger partial charge in [-0.05, 0) is 90.0 Å². The Morgan fingerprint density at radius 1 is 0.440 bits per heavy atom. The predicted octanol–water partition coefficient (Wildman–Crippen LogP) is 10.9. The molecule has 11 rings (SSSR count). The Bertz CT molecular complexity index is 3240. The standard InChI is InChI=1S/C44H26N4OS/c49-43-33-14-4-7-15-36(33)45-44-48(43)41-26-30(20-23-42(41)50-44)47-38-17-9-6-13-32(38)35-25-28(19-22-40(35)47)27-18-21-39-34(24-27)31-12-5-8-16-37(31)46(39)29-10-2-1-3-11-29/h1-26H. The van der Waals surface area contributed by atoms with Gasteiger partial charge in [0, 0.05) is 32.9 Å². The second-order valence-electron chi connectivity index (χ2n) is 12.8. The first-order valence-electron chi connectivity index (χ1n) is 16.7. The summed E-state index contributed by atoms with van der Waals surface area (Å²) in [5.41, 5.74) is 10.7. The molecule has 5 nitrogen and oxygen atoms in total. The normalized spacial score (nSPS) is 12.1. The van der Waals surface area contributed by atoms with E-state index in [-0.39, 0.29) is 5.56 Å². The van der Waals surface area contributed by atoms with Crippen LogP contribution in [0.15, 0.2) is 163 Å². The summed E-state index contributed by atoms with van der Waals surface area (Å²) in [7, 11) is 0.